The lowest BCUT2D eigenvalue weighted by Crippen LogP contribution is -2.50. The Kier molecular flexibility index (Phi) is 5.82. The van der Waals surface area contributed by atoms with E-state index in [0.29, 0.717) is 30.9 Å². The maximum atomic E-state index is 11.4. The molecule has 0 aliphatic heterocycles. The number of rotatable bonds is 8. The van der Waals surface area contributed by atoms with Crippen LogP contribution in [0.25, 0.3) is 0 Å². The molecule has 0 saturated carbocycles. The number of aliphatic carboxylic acids is 1. The number of benzene rings is 1. The Bertz CT molecular complexity index is 455. The molecule has 1 aromatic rings. The van der Waals surface area contributed by atoms with Crippen LogP contribution >= 0.6 is 0 Å². The average Bonchev–Trinajstić information content (AvgIpc) is 2.48. The van der Waals surface area contributed by atoms with E-state index in [1.807, 2.05) is 32.0 Å². The van der Waals surface area contributed by atoms with Gasteiger partial charge < -0.3 is 14.6 Å². The van der Waals surface area contributed by atoms with E-state index in [1.54, 1.807) is 14.2 Å². The summed E-state index contributed by atoms with van der Waals surface area (Å²) < 4.78 is 10.4. The fourth-order valence-corrected chi connectivity index (χ4v) is 2.14. The van der Waals surface area contributed by atoms with Crippen molar-refractivity contribution in [3.8, 4) is 11.5 Å². The van der Waals surface area contributed by atoms with Gasteiger partial charge in [0.25, 0.3) is 0 Å². The first kappa shape index (κ1) is 16.3. The first-order valence-electron chi connectivity index (χ1n) is 6.72. The summed E-state index contributed by atoms with van der Waals surface area (Å²) in [5.74, 6) is 0.482. The van der Waals surface area contributed by atoms with Crippen molar-refractivity contribution in [3.63, 3.8) is 0 Å². The molecule has 0 aliphatic rings. The average molecular weight is 281 g/mol. The van der Waals surface area contributed by atoms with Gasteiger partial charge in [0.05, 0.1) is 14.2 Å². The normalized spacial score (nSPS) is 11.2. The van der Waals surface area contributed by atoms with Crippen LogP contribution < -0.4 is 14.8 Å². The number of carbonyl (C=O) groups is 1. The molecule has 0 fully saturated rings. The number of ether oxygens (including phenoxy) is 2. The predicted octanol–water partition coefficient (Wildman–Crippen LogP) is 2.44. The summed E-state index contributed by atoms with van der Waals surface area (Å²) in [4.78, 5) is 11.4. The van der Waals surface area contributed by atoms with Crippen LogP contribution in [0.3, 0.4) is 0 Å². The first-order valence-corrected chi connectivity index (χ1v) is 6.72. The fourth-order valence-electron chi connectivity index (χ4n) is 2.14. The van der Waals surface area contributed by atoms with Gasteiger partial charge >= 0.3 is 5.97 Å². The molecular formula is C15H23NO4. The van der Waals surface area contributed by atoms with E-state index in [-0.39, 0.29) is 0 Å². The first-order chi connectivity index (χ1) is 9.52. The zero-order chi connectivity index (χ0) is 15.2. The molecular weight excluding hydrogens is 258 g/mol. The van der Waals surface area contributed by atoms with Gasteiger partial charge in [-0.25, -0.2) is 0 Å². The molecule has 0 heterocycles. The van der Waals surface area contributed by atoms with Gasteiger partial charge in [0.2, 0.25) is 0 Å². The summed E-state index contributed by atoms with van der Waals surface area (Å²) in [7, 11) is 3.16. The van der Waals surface area contributed by atoms with Crippen molar-refractivity contribution in [1.29, 1.82) is 0 Å². The van der Waals surface area contributed by atoms with Crippen molar-refractivity contribution in [1.82, 2.24) is 5.32 Å². The predicted molar refractivity (Wildman–Crippen MR) is 77.3 cm³/mol. The fraction of sp³-hybridized carbons (Fsp3) is 0.533. The molecule has 2 N–H and O–H groups in total. The lowest BCUT2D eigenvalue weighted by atomic mass is 9.92. The van der Waals surface area contributed by atoms with Crippen LogP contribution in [0, 0.1) is 0 Å². The molecule has 0 aliphatic carbocycles. The Balaban J connectivity index is 2.86. The van der Waals surface area contributed by atoms with Gasteiger partial charge in [0.15, 0.2) is 11.5 Å². The second-order valence-corrected chi connectivity index (χ2v) is 4.64. The zero-order valence-corrected chi connectivity index (χ0v) is 12.5. The Morgan fingerprint density at radius 3 is 2.25 bits per heavy atom. The maximum absolute atomic E-state index is 11.4. The van der Waals surface area contributed by atoms with Crippen molar-refractivity contribution in [2.75, 3.05) is 14.2 Å². The molecule has 0 spiro atoms. The van der Waals surface area contributed by atoms with E-state index >= 15 is 0 Å². The van der Waals surface area contributed by atoms with Gasteiger partial charge in [0.1, 0.15) is 5.54 Å². The molecule has 0 radical (unpaired) electrons. The Labute approximate surface area is 119 Å². The minimum Gasteiger partial charge on any atom is -0.493 e. The quantitative estimate of drug-likeness (QED) is 0.766. The van der Waals surface area contributed by atoms with Crippen LogP contribution in [0.5, 0.6) is 11.5 Å². The van der Waals surface area contributed by atoms with E-state index in [2.05, 4.69) is 5.32 Å². The Morgan fingerprint density at radius 2 is 1.80 bits per heavy atom. The van der Waals surface area contributed by atoms with E-state index in [4.69, 9.17) is 9.47 Å². The summed E-state index contributed by atoms with van der Waals surface area (Å²) in [5, 5.41) is 12.5. The lowest BCUT2D eigenvalue weighted by Gasteiger charge is -2.28. The van der Waals surface area contributed by atoms with E-state index < -0.39 is 11.5 Å². The van der Waals surface area contributed by atoms with Crippen molar-refractivity contribution in [2.24, 2.45) is 0 Å². The highest BCUT2D eigenvalue weighted by Gasteiger charge is 2.33. The monoisotopic (exact) mass is 281 g/mol. The molecule has 0 amide bonds. The molecule has 1 aromatic carbocycles. The van der Waals surface area contributed by atoms with Gasteiger partial charge in [-0.3, -0.25) is 10.1 Å². The smallest absolute Gasteiger partial charge is 0.323 e. The summed E-state index contributed by atoms with van der Waals surface area (Å²) in [5.41, 5.74) is 0.0721. The van der Waals surface area contributed by atoms with E-state index in [9.17, 15) is 9.90 Å². The maximum Gasteiger partial charge on any atom is 0.323 e. The molecule has 0 bridgehead atoms. The number of hydrogen-bond acceptors (Lipinski definition) is 4. The SMILES string of the molecule is CCC(CC)(NCc1ccc(OC)c(OC)c1)C(=O)O. The molecule has 0 saturated heterocycles. The van der Waals surface area contributed by atoms with Crippen LogP contribution in [0.1, 0.15) is 32.3 Å². The largest absolute Gasteiger partial charge is 0.493 e. The molecule has 5 heteroatoms. The summed E-state index contributed by atoms with van der Waals surface area (Å²) in [6.45, 7) is 4.22. The summed E-state index contributed by atoms with van der Waals surface area (Å²) >= 11 is 0. The van der Waals surface area contributed by atoms with Gasteiger partial charge in [0, 0.05) is 6.54 Å². The molecule has 20 heavy (non-hydrogen) atoms. The van der Waals surface area contributed by atoms with Crippen molar-refractivity contribution >= 4 is 5.97 Å². The highest BCUT2D eigenvalue weighted by molar-refractivity contribution is 5.78. The Morgan fingerprint density at radius 1 is 1.20 bits per heavy atom. The van der Waals surface area contributed by atoms with Crippen molar-refractivity contribution in [2.45, 2.75) is 38.8 Å². The van der Waals surface area contributed by atoms with Crippen LogP contribution in [0.2, 0.25) is 0 Å². The summed E-state index contributed by atoms with van der Waals surface area (Å²) in [6, 6.07) is 5.56. The molecule has 5 nitrogen and oxygen atoms in total. The van der Waals surface area contributed by atoms with E-state index in [1.165, 1.54) is 0 Å². The van der Waals surface area contributed by atoms with E-state index in [0.717, 1.165) is 5.56 Å². The minimum absolute atomic E-state index is 0.467. The highest BCUT2D eigenvalue weighted by atomic mass is 16.5. The minimum atomic E-state index is -0.882. The van der Waals surface area contributed by atoms with Crippen LogP contribution in [-0.2, 0) is 11.3 Å². The molecule has 0 unspecified atom stereocenters. The third-order valence-corrected chi connectivity index (χ3v) is 3.70. The van der Waals surface area contributed by atoms with Crippen LogP contribution in [0.15, 0.2) is 18.2 Å². The molecule has 1 rings (SSSR count). The second-order valence-electron chi connectivity index (χ2n) is 4.64. The van der Waals surface area contributed by atoms with Crippen LogP contribution in [0.4, 0.5) is 0 Å². The Hall–Kier alpha value is -1.75. The van der Waals surface area contributed by atoms with Crippen molar-refractivity contribution < 1.29 is 19.4 Å². The van der Waals surface area contributed by atoms with Gasteiger partial charge in [-0.05, 0) is 30.5 Å². The summed E-state index contributed by atoms with van der Waals surface area (Å²) in [6.07, 6.45) is 1.07. The molecule has 0 aromatic heterocycles. The van der Waals surface area contributed by atoms with Gasteiger partial charge in [-0.15, -0.1) is 0 Å². The number of carboxylic acid groups (broad SMARTS) is 1. The second kappa shape index (κ2) is 7.14. The molecule has 112 valence electrons. The third-order valence-electron chi connectivity index (χ3n) is 3.70. The number of methoxy groups -OCH3 is 2. The highest BCUT2D eigenvalue weighted by Crippen LogP contribution is 2.28. The van der Waals surface area contributed by atoms with Crippen LogP contribution in [-0.4, -0.2) is 30.8 Å². The zero-order valence-electron chi connectivity index (χ0n) is 12.5. The topological polar surface area (TPSA) is 67.8 Å². The lowest BCUT2D eigenvalue weighted by molar-refractivity contribution is -0.145. The number of nitrogens with one attached hydrogen (secondary N) is 1. The van der Waals surface area contributed by atoms with Gasteiger partial charge in [-0.2, -0.15) is 0 Å². The number of carboxylic acids is 1. The van der Waals surface area contributed by atoms with Gasteiger partial charge in [-0.1, -0.05) is 19.9 Å². The van der Waals surface area contributed by atoms with Crippen molar-refractivity contribution in [3.05, 3.63) is 23.8 Å². The standard InChI is InChI=1S/C15H23NO4/c1-5-15(6-2,14(17)18)16-10-11-7-8-12(19-3)13(9-11)20-4/h7-9,16H,5-6,10H2,1-4H3,(H,17,18). The molecule has 0 atom stereocenters. The number of hydrogen-bond donors (Lipinski definition) is 2. The third kappa shape index (κ3) is 3.42.